The molecule has 2 aromatic heterocycles. The molecule has 0 aromatic carbocycles. The van der Waals surface area contributed by atoms with Crippen LogP contribution < -0.4 is 0 Å². The lowest BCUT2D eigenvalue weighted by Gasteiger charge is -1.97. The summed E-state index contributed by atoms with van der Waals surface area (Å²) in [6, 6.07) is 4.74. The first kappa shape index (κ1) is 11.2. The maximum Gasteiger partial charge on any atom is 0.371 e. The van der Waals surface area contributed by atoms with Gasteiger partial charge in [0.25, 0.3) is 0 Å². The van der Waals surface area contributed by atoms with Crippen molar-refractivity contribution in [3.8, 4) is 6.07 Å². The second kappa shape index (κ2) is 4.67. The van der Waals surface area contributed by atoms with Gasteiger partial charge in [-0.15, -0.1) is 0 Å². The lowest BCUT2D eigenvalue weighted by atomic mass is 10.5. The molecule has 0 bridgehead atoms. The summed E-state index contributed by atoms with van der Waals surface area (Å²) >= 11 is 1.05. The Kier molecular flexibility index (Phi) is 3.07. The van der Waals surface area contributed by atoms with E-state index in [9.17, 15) is 4.79 Å². The zero-order chi connectivity index (χ0) is 12.3. The van der Waals surface area contributed by atoms with E-state index in [1.54, 1.807) is 0 Å². The fourth-order valence-corrected chi connectivity index (χ4v) is 1.83. The highest BCUT2D eigenvalue weighted by Gasteiger charge is 2.12. The number of rotatable bonds is 3. The standard InChI is InChI=1S/C10H5N3O3S/c11-5-6-9(13-4-3-12-6)17-8-2-1-7(16-8)10(14)15/h1-4H,(H,14,15). The van der Waals surface area contributed by atoms with Crippen LogP contribution >= 0.6 is 11.8 Å². The third-order valence-electron chi connectivity index (χ3n) is 1.76. The van der Waals surface area contributed by atoms with E-state index in [4.69, 9.17) is 14.8 Å². The smallest absolute Gasteiger partial charge is 0.371 e. The minimum absolute atomic E-state index is 0.158. The van der Waals surface area contributed by atoms with Crippen LogP contribution in [0.15, 0.2) is 39.1 Å². The summed E-state index contributed by atoms with van der Waals surface area (Å²) in [4.78, 5) is 18.4. The van der Waals surface area contributed by atoms with Crippen molar-refractivity contribution in [3.05, 3.63) is 36.0 Å². The molecule has 0 spiro atoms. The highest BCUT2D eigenvalue weighted by atomic mass is 32.2. The van der Waals surface area contributed by atoms with Gasteiger partial charge >= 0.3 is 5.97 Å². The van der Waals surface area contributed by atoms with E-state index in [0.29, 0.717) is 10.1 Å². The topological polar surface area (TPSA) is 100 Å². The molecule has 0 fully saturated rings. The molecule has 2 rings (SSSR count). The molecule has 0 saturated carbocycles. The van der Waals surface area contributed by atoms with E-state index in [-0.39, 0.29) is 11.5 Å². The molecular formula is C10H5N3O3S. The van der Waals surface area contributed by atoms with Crippen molar-refractivity contribution in [1.82, 2.24) is 9.97 Å². The van der Waals surface area contributed by atoms with Gasteiger partial charge in [0.15, 0.2) is 10.8 Å². The monoisotopic (exact) mass is 247 g/mol. The summed E-state index contributed by atoms with van der Waals surface area (Å²) in [6.45, 7) is 0. The first-order valence-electron chi connectivity index (χ1n) is 4.43. The Morgan fingerprint density at radius 3 is 2.82 bits per heavy atom. The molecule has 0 saturated heterocycles. The Morgan fingerprint density at radius 2 is 2.18 bits per heavy atom. The van der Waals surface area contributed by atoms with Crippen LogP contribution in [0.4, 0.5) is 0 Å². The van der Waals surface area contributed by atoms with Crippen LogP contribution in [-0.4, -0.2) is 21.0 Å². The van der Waals surface area contributed by atoms with Crippen LogP contribution in [0.25, 0.3) is 0 Å². The van der Waals surface area contributed by atoms with Gasteiger partial charge in [0.1, 0.15) is 11.1 Å². The number of carbonyl (C=O) groups is 1. The Bertz CT molecular complexity index is 603. The molecule has 84 valence electrons. The highest BCUT2D eigenvalue weighted by Crippen LogP contribution is 2.28. The van der Waals surface area contributed by atoms with Crippen molar-refractivity contribution in [2.24, 2.45) is 0 Å². The normalized spacial score (nSPS) is 9.82. The largest absolute Gasteiger partial charge is 0.475 e. The van der Waals surface area contributed by atoms with E-state index in [1.807, 2.05) is 6.07 Å². The van der Waals surface area contributed by atoms with Crippen LogP contribution in [0, 0.1) is 11.3 Å². The van der Waals surface area contributed by atoms with Gasteiger partial charge in [0.2, 0.25) is 5.76 Å². The lowest BCUT2D eigenvalue weighted by Crippen LogP contribution is -1.91. The predicted octanol–water partition coefficient (Wildman–Crippen LogP) is 1.79. The van der Waals surface area contributed by atoms with Crippen molar-refractivity contribution in [2.75, 3.05) is 0 Å². The van der Waals surface area contributed by atoms with Crippen molar-refractivity contribution < 1.29 is 14.3 Å². The molecule has 17 heavy (non-hydrogen) atoms. The zero-order valence-corrected chi connectivity index (χ0v) is 9.14. The van der Waals surface area contributed by atoms with Crippen molar-refractivity contribution >= 4 is 17.7 Å². The molecule has 2 heterocycles. The van der Waals surface area contributed by atoms with Crippen LogP contribution in [0.5, 0.6) is 0 Å². The molecule has 2 aromatic rings. The summed E-state index contributed by atoms with van der Waals surface area (Å²) in [5, 5.41) is 18.2. The second-order valence-corrected chi connectivity index (χ2v) is 3.84. The summed E-state index contributed by atoms with van der Waals surface area (Å²) in [7, 11) is 0. The molecule has 1 N–H and O–H groups in total. The van der Waals surface area contributed by atoms with Crippen molar-refractivity contribution in [2.45, 2.75) is 10.1 Å². The Morgan fingerprint density at radius 1 is 1.41 bits per heavy atom. The Labute approximate surface area is 99.9 Å². The number of carboxylic acids is 1. The Balaban J connectivity index is 2.26. The van der Waals surface area contributed by atoms with Gasteiger partial charge in [0, 0.05) is 12.4 Å². The number of nitriles is 1. The van der Waals surface area contributed by atoms with Gasteiger partial charge in [0.05, 0.1) is 0 Å². The highest BCUT2D eigenvalue weighted by molar-refractivity contribution is 7.99. The fraction of sp³-hybridized carbons (Fsp3) is 0. The lowest BCUT2D eigenvalue weighted by molar-refractivity contribution is 0.0656. The average Bonchev–Trinajstić information content (AvgIpc) is 2.78. The van der Waals surface area contributed by atoms with Crippen LogP contribution in [0.1, 0.15) is 16.2 Å². The molecule has 0 atom stereocenters. The summed E-state index contributed by atoms with van der Waals surface area (Å²) in [5.41, 5.74) is 0.172. The molecule has 6 nitrogen and oxygen atoms in total. The van der Waals surface area contributed by atoms with Crippen molar-refractivity contribution in [3.63, 3.8) is 0 Å². The van der Waals surface area contributed by atoms with Gasteiger partial charge in [-0.05, 0) is 23.9 Å². The fourth-order valence-electron chi connectivity index (χ4n) is 1.06. The van der Waals surface area contributed by atoms with Gasteiger partial charge in [-0.25, -0.2) is 14.8 Å². The summed E-state index contributed by atoms with van der Waals surface area (Å²) in [5.74, 6) is -1.30. The van der Waals surface area contributed by atoms with Crippen molar-refractivity contribution in [1.29, 1.82) is 5.26 Å². The number of aromatic nitrogens is 2. The van der Waals surface area contributed by atoms with E-state index in [0.717, 1.165) is 11.8 Å². The van der Waals surface area contributed by atoms with Gasteiger partial charge in [-0.3, -0.25) is 0 Å². The van der Waals surface area contributed by atoms with E-state index >= 15 is 0 Å². The molecular weight excluding hydrogens is 242 g/mol. The number of hydrogen-bond donors (Lipinski definition) is 1. The minimum atomic E-state index is -1.14. The van der Waals surface area contributed by atoms with Crippen LogP contribution in [0.2, 0.25) is 0 Å². The SMILES string of the molecule is N#Cc1nccnc1Sc1ccc(C(=O)O)o1. The number of carboxylic acid groups (broad SMARTS) is 1. The molecule has 0 aliphatic heterocycles. The van der Waals surface area contributed by atoms with E-state index < -0.39 is 5.97 Å². The van der Waals surface area contributed by atoms with Gasteiger partial charge < -0.3 is 9.52 Å². The molecule has 7 heteroatoms. The van der Waals surface area contributed by atoms with Crippen LogP contribution in [-0.2, 0) is 0 Å². The molecule has 0 amide bonds. The minimum Gasteiger partial charge on any atom is -0.475 e. The Hall–Kier alpha value is -2.33. The van der Waals surface area contributed by atoms with Gasteiger partial charge in [-0.1, -0.05) is 0 Å². The average molecular weight is 247 g/mol. The number of aromatic carboxylic acids is 1. The van der Waals surface area contributed by atoms with E-state index in [1.165, 1.54) is 24.5 Å². The number of furan rings is 1. The molecule has 0 aliphatic rings. The number of hydrogen-bond acceptors (Lipinski definition) is 6. The van der Waals surface area contributed by atoms with Gasteiger partial charge in [-0.2, -0.15) is 5.26 Å². The molecule has 0 aliphatic carbocycles. The third kappa shape index (κ3) is 2.43. The molecule has 0 unspecified atom stereocenters. The van der Waals surface area contributed by atoms with Crippen LogP contribution in [0.3, 0.4) is 0 Å². The predicted molar refractivity (Wildman–Crippen MR) is 56.5 cm³/mol. The second-order valence-electron chi connectivity index (χ2n) is 2.85. The number of nitrogens with zero attached hydrogens (tertiary/aromatic N) is 3. The zero-order valence-electron chi connectivity index (χ0n) is 8.32. The van der Waals surface area contributed by atoms with E-state index in [2.05, 4.69) is 9.97 Å². The maximum atomic E-state index is 10.6. The summed E-state index contributed by atoms with van der Waals surface area (Å²) in [6.07, 6.45) is 2.86. The third-order valence-corrected chi connectivity index (χ3v) is 2.67. The quantitative estimate of drug-likeness (QED) is 0.882. The summed E-state index contributed by atoms with van der Waals surface area (Å²) < 4.78 is 5.03. The molecule has 0 radical (unpaired) electrons. The first-order valence-corrected chi connectivity index (χ1v) is 5.24. The maximum absolute atomic E-state index is 10.6. The first-order chi connectivity index (χ1) is 8.20.